The quantitative estimate of drug-likeness (QED) is 0.770. The van der Waals surface area contributed by atoms with Crippen molar-refractivity contribution in [2.75, 3.05) is 6.54 Å². The second kappa shape index (κ2) is 4.38. The highest BCUT2D eigenvalue weighted by Gasteiger charge is 2.53. The number of aromatic amines is 1. The molecule has 1 aliphatic heterocycles. The number of hydrogen-bond acceptors (Lipinski definition) is 2. The van der Waals surface area contributed by atoms with Gasteiger partial charge in [0.2, 0.25) is 0 Å². The van der Waals surface area contributed by atoms with Crippen LogP contribution in [0.3, 0.4) is 0 Å². The normalized spacial score (nSPS) is 29.6. The number of nitrogens with zero attached hydrogens (tertiary/aromatic N) is 1. The number of fused-ring (bicyclic) bond motifs is 5. The summed E-state index contributed by atoms with van der Waals surface area (Å²) in [5.41, 5.74) is 5.90. The summed E-state index contributed by atoms with van der Waals surface area (Å²) >= 11 is 0. The summed E-state index contributed by atoms with van der Waals surface area (Å²) in [6.07, 6.45) is 2.32. The fraction of sp³-hybridized carbons (Fsp3) is 0.650. The summed E-state index contributed by atoms with van der Waals surface area (Å²) in [7, 11) is 0. The van der Waals surface area contributed by atoms with E-state index < -0.39 is 0 Å². The van der Waals surface area contributed by atoms with Crippen molar-refractivity contribution >= 4 is 11.0 Å². The summed E-state index contributed by atoms with van der Waals surface area (Å²) in [4.78, 5) is 8.46. The van der Waals surface area contributed by atoms with Gasteiger partial charge in [0.05, 0.1) is 11.0 Å². The number of benzene rings is 1. The Morgan fingerprint density at radius 1 is 1.17 bits per heavy atom. The van der Waals surface area contributed by atoms with Crippen LogP contribution >= 0.6 is 0 Å². The lowest BCUT2D eigenvalue weighted by Crippen LogP contribution is -2.62. The van der Waals surface area contributed by atoms with Crippen LogP contribution in [0.2, 0.25) is 0 Å². The zero-order valence-corrected chi connectivity index (χ0v) is 15.3. The van der Waals surface area contributed by atoms with Crippen LogP contribution < -0.4 is 5.32 Å². The maximum Gasteiger partial charge on any atom is 0.112 e. The minimum absolute atomic E-state index is 0.0557. The lowest BCUT2D eigenvalue weighted by Gasteiger charge is -2.57. The Bertz CT molecular complexity index is 778. The number of hydrogen-bond donors (Lipinski definition) is 2. The van der Waals surface area contributed by atoms with E-state index >= 15 is 0 Å². The molecule has 0 saturated carbocycles. The van der Waals surface area contributed by atoms with E-state index in [-0.39, 0.29) is 16.2 Å². The van der Waals surface area contributed by atoms with Crippen molar-refractivity contribution < 1.29 is 0 Å². The van der Waals surface area contributed by atoms with Gasteiger partial charge in [0.15, 0.2) is 0 Å². The highest BCUT2D eigenvalue weighted by molar-refractivity contribution is 5.78. The Labute approximate surface area is 139 Å². The highest BCUT2D eigenvalue weighted by Crippen LogP contribution is 2.54. The van der Waals surface area contributed by atoms with Gasteiger partial charge in [-0.15, -0.1) is 0 Å². The van der Waals surface area contributed by atoms with Gasteiger partial charge in [-0.05, 0) is 48.1 Å². The summed E-state index contributed by atoms with van der Waals surface area (Å²) in [5, 5.41) is 3.76. The first-order valence-corrected chi connectivity index (χ1v) is 8.90. The van der Waals surface area contributed by atoms with Gasteiger partial charge in [-0.3, -0.25) is 0 Å². The first-order chi connectivity index (χ1) is 10.6. The van der Waals surface area contributed by atoms with Gasteiger partial charge < -0.3 is 10.3 Å². The van der Waals surface area contributed by atoms with E-state index in [2.05, 4.69) is 64.0 Å². The van der Waals surface area contributed by atoms with Gasteiger partial charge in [-0.2, -0.15) is 0 Å². The van der Waals surface area contributed by atoms with Crippen LogP contribution in [0.15, 0.2) is 12.1 Å². The molecule has 124 valence electrons. The molecule has 0 unspecified atom stereocenters. The SMILES string of the molecule is CC(C)(C)c1nc2cc3c(cc2[nH]1)C[C@@H]1NCC[C@]3(C)C1(C)C. The third kappa shape index (κ3) is 1.95. The molecule has 1 aromatic carbocycles. The summed E-state index contributed by atoms with van der Waals surface area (Å²) in [6, 6.07) is 5.30. The minimum Gasteiger partial charge on any atom is -0.342 e. The van der Waals surface area contributed by atoms with Crippen LogP contribution in [0.25, 0.3) is 11.0 Å². The molecule has 1 aromatic heterocycles. The number of aromatic nitrogens is 2. The van der Waals surface area contributed by atoms with Crippen molar-refractivity contribution in [1.82, 2.24) is 15.3 Å². The van der Waals surface area contributed by atoms with Crippen molar-refractivity contribution in [1.29, 1.82) is 0 Å². The average Bonchev–Trinajstić information content (AvgIpc) is 2.84. The topological polar surface area (TPSA) is 40.7 Å². The minimum atomic E-state index is 0.0557. The van der Waals surface area contributed by atoms with Gasteiger partial charge >= 0.3 is 0 Å². The zero-order valence-electron chi connectivity index (χ0n) is 15.3. The highest BCUT2D eigenvalue weighted by atomic mass is 15.0. The van der Waals surface area contributed by atoms with E-state index in [1.807, 2.05) is 0 Å². The predicted molar refractivity (Wildman–Crippen MR) is 96.0 cm³/mol. The third-order valence-corrected chi connectivity index (χ3v) is 6.74. The van der Waals surface area contributed by atoms with Crippen molar-refractivity contribution in [3.8, 4) is 0 Å². The molecule has 4 rings (SSSR count). The number of H-pyrrole nitrogens is 1. The molecule has 1 aliphatic carbocycles. The molecule has 1 fully saturated rings. The zero-order chi connectivity index (χ0) is 16.6. The Morgan fingerprint density at radius 2 is 1.91 bits per heavy atom. The van der Waals surface area contributed by atoms with Crippen LogP contribution in [-0.2, 0) is 17.3 Å². The smallest absolute Gasteiger partial charge is 0.112 e. The van der Waals surface area contributed by atoms with Gasteiger partial charge in [0.1, 0.15) is 5.82 Å². The molecule has 23 heavy (non-hydrogen) atoms. The Morgan fingerprint density at radius 3 is 2.61 bits per heavy atom. The molecule has 2 N–H and O–H groups in total. The van der Waals surface area contributed by atoms with Crippen LogP contribution in [0, 0.1) is 5.41 Å². The second-order valence-electron chi connectivity index (χ2n) is 9.38. The molecule has 0 radical (unpaired) electrons. The van der Waals surface area contributed by atoms with Gasteiger partial charge in [0.25, 0.3) is 0 Å². The van der Waals surface area contributed by atoms with Crippen molar-refractivity contribution in [2.45, 2.75) is 71.3 Å². The van der Waals surface area contributed by atoms with E-state index in [0.29, 0.717) is 6.04 Å². The molecule has 2 aliphatic rings. The van der Waals surface area contributed by atoms with Gasteiger partial charge in [-0.25, -0.2) is 4.98 Å². The summed E-state index contributed by atoms with van der Waals surface area (Å²) in [6.45, 7) is 15.1. The summed E-state index contributed by atoms with van der Waals surface area (Å²) < 4.78 is 0. The number of imidazole rings is 1. The standard InChI is InChI=1S/C20H29N3/c1-18(2,3)17-22-14-9-12-10-16-19(4,5)20(6,7-8-21-16)13(12)11-15(14)23-17/h9,11,16,21H,7-8,10H2,1-6H3,(H,22,23)/t16-,20-/m0/s1. The summed E-state index contributed by atoms with van der Waals surface area (Å²) in [5.74, 6) is 1.08. The van der Waals surface area contributed by atoms with E-state index in [4.69, 9.17) is 4.98 Å². The van der Waals surface area contributed by atoms with Crippen LogP contribution in [0.4, 0.5) is 0 Å². The Hall–Kier alpha value is -1.35. The van der Waals surface area contributed by atoms with E-state index in [1.165, 1.54) is 23.1 Å². The number of piperidine rings is 1. The average molecular weight is 311 g/mol. The Balaban J connectivity index is 1.94. The lowest BCUT2D eigenvalue weighted by molar-refractivity contribution is 0.0561. The maximum atomic E-state index is 4.91. The predicted octanol–water partition coefficient (Wildman–Crippen LogP) is 4.06. The molecule has 1 saturated heterocycles. The van der Waals surface area contributed by atoms with Crippen LogP contribution in [-0.4, -0.2) is 22.6 Å². The van der Waals surface area contributed by atoms with E-state index in [1.54, 1.807) is 0 Å². The molecule has 3 nitrogen and oxygen atoms in total. The number of nitrogens with one attached hydrogen (secondary N) is 2. The monoisotopic (exact) mass is 311 g/mol. The van der Waals surface area contributed by atoms with Gasteiger partial charge in [0, 0.05) is 16.9 Å². The maximum absolute atomic E-state index is 4.91. The molecule has 2 bridgehead atoms. The fourth-order valence-electron chi connectivity index (χ4n) is 4.63. The van der Waals surface area contributed by atoms with Crippen LogP contribution in [0.1, 0.15) is 64.9 Å². The molecule has 0 amide bonds. The molecule has 3 heteroatoms. The van der Waals surface area contributed by atoms with E-state index in [0.717, 1.165) is 24.3 Å². The van der Waals surface area contributed by atoms with E-state index in [9.17, 15) is 0 Å². The fourth-order valence-corrected chi connectivity index (χ4v) is 4.63. The first-order valence-electron chi connectivity index (χ1n) is 8.90. The Kier molecular flexibility index (Phi) is 2.90. The largest absolute Gasteiger partial charge is 0.342 e. The van der Waals surface area contributed by atoms with Crippen LogP contribution in [0.5, 0.6) is 0 Å². The lowest BCUT2D eigenvalue weighted by atomic mass is 9.51. The van der Waals surface area contributed by atoms with Crippen molar-refractivity contribution in [3.63, 3.8) is 0 Å². The second-order valence-corrected chi connectivity index (χ2v) is 9.38. The molecule has 0 spiro atoms. The number of rotatable bonds is 0. The molecule has 2 atom stereocenters. The molecular weight excluding hydrogens is 282 g/mol. The van der Waals surface area contributed by atoms with Crippen molar-refractivity contribution in [2.24, 2.45) is 5.41 Å². The third-order valence-electron chi connectivity index (χ3n) is 6.74. The van der Waals surface area contributed by atoms with Crippen molar-refractivity contribution in [3.05, 3.63) is 29.1 Å². The first kappa shape index (κ1) is 15.2. The van der Waals surface area contributed by atoms with Gasteiger partial charge in [-0.1, -0.05) is 41.5 Å². The molecule has 2 heterocycles. The molecule has 2 aromatic rings. The molecular formula is C20H29N3.